The number of hydrogen-bond donors (Lipinski definition) is 3. The highest BCUT2D eigenvalue weighted by molar-refractivity contribution is 7.15. The number of aromatic nitrogens is 1. The molecule has 1 saturated carbocycles. The summed E-state index contributed by atoms with van der Waals surface area (Å²) < 4.78 is 0. The molecule has 188 valence electrons. The van der Waals surface area contributed by atoms with Crippen LogP contribution in [0.1, 0.15) is 51.5 Å². The number of nitrogens with one attached hydrogen (secondary N) is 1. The molecule has 0 bridgehead atoms. The third kappa shape index (κ3) is 6.02. The van der Waals surface area contributed by atoms with Gasteiger partial charge in [-0.25, -0.2) is 10.8 Å². The second-order valence-electron chi connectivity index (χ2n) is 10.5. The summed E-state index contributed by atoms with van der Waals surface area (Å²) in [5.74, 6) is 6.43. The predicted molar refractivity (Wildman–Crippen MR) is 138 cm³/mol. The maximum absolute atomic E-state index is 13.7. The number of allylic oxidation sites excluding steroid dienone is 1. The molecule has 1 aliphatic carbocycles. The number of nitrogens with two attached hydrogens (primary N) is 2. The first kappa shape index (κ1) is 25.2. The molecule has 2 heterocycles. The van der Waals surface area contributed by atoms with Crippen LogP contribution < -0.4 is 16.9 Å². The molecular weight excluding hydrogens is 460 g/mol. The lowest BCUT2D eigenvalue weighted by atomic mass is 9.85. The summed E-state index contributed by atoms with van der Waals surface area (Å²) in [4.78, 5) is 34.0. The van der Waals surface area contributed by atoms with E-state index in [2.05, 4.69) is 10.3 Å². The number of benzene rings is 1. The smallest absolute Gasteiger partial charge is 0.248 e. The van der Waals surface area contributed by atoms with Gasteiger partial charge in [0.05, 0.1) is 11.4 Å². The van der Waals surface area contributed by atoms with Crippen molar-refractivity contribution in [2.45, 2.75) is 65.1 Å². The SMILES string of the molecule is CC(C)(C)C(C(=O)N1CCC[C@H]1C(=O)NCc1ncc(-c2ccccc2)s1)N(N)/C=C(\N)C1CC1. The molecule has 1 aliphatic heterocycles. The van der Waals surface area contributed by atoms with Gasteiger partial charge < -0.3 is 21.0 Å². The predicted octanol–water partition coefficient (Wildman–Crippen LogP) is 3.22. The minimum Gasteiger partial charge on any atom is -0.401 e. The van der Waals surface area contributed by atoms with E-state index in [1.165, 1.54) is 5.01 Å². The van der Waals surface area contributed by atoms with Crippen LogP contribution in [0.3, 0.4) is 0 Å². The van der Waals surface area contributed by atoms with Gasteiger partial charge in [-0.15, -0.1) is 11.3 Å². The van der Waals surface area contributed by atoms with E-state index in [0.29, 0.717) is 31.1 Å². The van der Waals surface area contributed by atoms with Crippen LogP contribution in [0.25, 0.3) is 10.4 Å². The second-order valence-corrected chi connectivity index (χ2v) is 11.6. The maximum atomic E-state index is 13.7. The Morgan fingerprint density at radius 2 is 1.97 bits per heavy atom. The van der Waals surface area contributed by atoms with Gasteiger partial charge in [-0.2, -0.15) is 0 Å². The number of carbonyl (C=O) groups is 2. The molecule has 2 fully saturated rings. The normalized spacial score (nSPS) is 19.5. The summed E-state index contributed by atoms with van der Waals surface area (Å²) in [5, 5.41) is 5.27. The Labute approximate surface area is 211 Å². The molecule has 1 aromatic heterocycles. The number of likely N-dealkylation sites (tertiary alicyclic amines) is 1. The zero-order valence-corrected chi connectivity index (χ0v) is 21.6. The minimum absolute atomic E-state index is 0.141. The molecule has 2 aliphatic rings. The van der Waals surface area contributed by atoms with Crippen LogP contribution in [-0.4, -0.2) is 45.3 Å². The van der Waals surface area contributed by atoms with E-state index in [-0.39, 0.29) is 11.8 Å². The third-order valence-electron chi connectivity index (χ3n) is 6.56. The van der Waals surface area contributed by atoms with E-state index in [9.17, 15) is 9.59 Å². The van der Waals surface area contributed by atoms with Gasteiger partial charge in [0.25, 0.3) is 0 Å². The molecule has 4 rings (SSSR count). The summed E-state index contributed by atoms with van der Waals surface area (Å²) in [6.45, 7) is 6.81. The fraction of sp³-hybridized carbons (Fsp3) is 0.500. The molecular formula is C26H36N6O2S. The van der Waals surface area contributed by atoms with Crippen molar-refractivity contribution in [3.63, 3.8) is 0 Å². The van der Waals surface area contributed by atoms with E-state index < -0.39 is 17.5 Å². The molecule has 5 N–H and O–H groups in total. The van der Waals surface area contributed by atoms with Crippen molar-refractivity contribution in [2.24, 2.45) is 22.9 Å². The van der Waals surface area contributed by atoms with E-state index in [1.54, 1.807) is 22.4 Å². The van der Waals surface area contributed by atoms with Crippen molar-refractivity contribution in [3.8, 4) is 10.4 Å². The highest BCUT2D eigenvalue weighted by Crippen LogP contribution is 2.35. The third-order valence-corrected chi connectivity index (χ3v) is 7.61. The molecule has 1 aromatic carbocycles. The lowest BCUT2D eigenvalue weighted by molar-refractivity contribution is -0.145. The lowest BCUT2D eigenvalue weighted by Gasteiger charge is -2.39. The van der Waals surface area contributed by atoms with Crippen molar-refractivity contribution >= 4 is 23.2 Å². The summed E-state index contributed by atoms with van der Waals surface area (Å²) in [7, 11) is 0. The number of rotatable bonds is 8. The molecule has 1 saturated heterocycles. The molecule has 0 radical (unpaired) electrons. The van der Waals surface area contributed by atoms with Crippen LogP contribution in [0.2, 0.25) is 0 Å². The van der Waals surface area contributed by atoms with Crippen LogP contribution in [0.4, 0.5) is 0 Å². The monoisotopic (exact) mass is 496 g/mol. The van der Waals surface area contributed by atoms with Gasteiger partial charge in [0.1, 0.15) is 17.1 Å². The van der Waals surface area contributed by atoms with Crippen LogP contribution in [0.5, 0.6) is 0 Å². The number of hydrazine groups is 1. The number of nitrogens with zero attached hydrogens (tertiary/aromatic N) is 3. The fourth-order valence-corrected chi connectivity index (χ4v) is 5.45. The summed E-state index contributed by atoms with van der Waals surface area (Å²) in [5.41, 5.74) is 7.54. The van der Waals surface area contributed by atoms with Crippen molar-refractivity contribution < 1.29 is 9.59 Å². The first-order valence-corrected chi connectivity index (χ1v) is 13.1. The quantitative estimate of drug-likeness (QED) is 0.382. The minimum atomic E-state index is -0.624. The number of amides is 2. The molecule has 0 spiro atoms. The Kier molecular flexibility index (Phi) is 7.47. The standard InChI is InChI=1S/C26H36N6O2S/c1-26(2,3)23(32(28)16-19(27)17-11-12-17)25(34)31-13-7-10-20(31)24(33)30-15-22-29-14-21(35-22)18-8-5-4-6-9-18/h4-6,8-9,14,16-17,20,23H,7,10-13,15,27-28H2,1-3H3,(H,30,33)/b19-16-/t20-,23?/m0/s1. The molecule has 2 aromatic rings. The van der Waals surface area contributed by atoms with Gasteiger partial charge >= 0.3 is 0 Å². The Bertz CT molecular complexity index is 1070. The van der Waals surface area contributed by atoms with Crippen LogP contribution in [0, 0.1) is 11.3 Å². The molecule has 35 heavy (non-hydrogen) atoms. The first-order chi connectivity index (χ1) is 16.6. The molecule has 1 unspecified atom stereocenters. The Balaban J connectivity index is 1.41. The van der Waals surface area contributed by atoms with Gasteiger partial charge in [-0.3, -0.25) is 9.59 Å². The second kappa shape index (κ2) is 10.4. The van der Waals surface area contributed by atoms with Gasteiger partial charge in [-0.1, -0.05) is 51.1 Å². The zero-order chi connectivity index (χ0) is 25.2. The van der Waals surface area contributed by atoms with Gasteiger partial charge in [0, 0.05) is 30.6 Å². The number of carbonyl (C=O) groups excluding carboxylic acids is 2. The molecule has 2 amide bonds. The van der Waals surface area contributed by atoms with E-state index in [1.807, 2.05) is 57.3 Å². The van der Waals surface area contributed by atoms with Crippen molar-refractivity contribution in [2.75, 3.05) is 6.54 Å². The molecule has 9 heteroatoms. The average Bonchev–Trinajstić information content (AvgIpc) is 3.36. The number of thiazole rings is 1. The summed E-state index contributed by atoms with van der Waals surface area (Å²) >= 11 is 1.55. The number of hydrogen-bond acceptors (Lipinski definition) is 7. The van der Waals surface area contributed by atoms with Crippen LogP contribution in [-0.2, 0) is 16.1 Å². The average molecular weight is 497 g/mol. The van der Waals surface area contributed by atoms with Crippen molar-refractivity contribution in [1.82, 2.24) is 20.2 Å². The van der Waals surface area contributed by atoms with Gasteiger partial charge in [-0.05, 0) is 36.7 Å². The zero-order valence-electron chi connectivity index (χ0n) is 20.7. The van der Waals surface area contributed by atoms with Gasteiger partial charge in [0.15, 0.2) is 0 Å². The Morgan fingerprint density at radius 3 is 2.63 bits per heavy atom. The van der Waals surface area contributed by atoms with Crippen molar-refractivity contribution in [3.05, 3.63) is 53.4 Å². The molecule has 2 atom stereocenters. The summed E-state index contributed by atoms with van der Waals surface area (Å²) in [6.07, 6.45) is 7.06. The van der Waals surface area contributed by atoms with E-state index in [0.717, 1.165) is 34.7 Å². The highest BCUT2D eigenvalue weighted by atomic mass is 32.1. The molecule has 8 nitrogen and oxygen atoms in total. The van der Waals surface area contributed by atoms with Gasteiger partial charge in [0.2, 0.25) is 11.8 Å². The van der Waals surface area contributed by atoms with E-state index in [4.69, 9.17) is 11.6 Å². The highest BCUT2D eigenvalue weighted by Gasteiger charge is 2.43. The topological polar surface area (TPSA) is 118 Å². The first-order valence-electron chi connectivity index (χ1n) is 12.2. The maximum Gasteiger partial charge on any atom is 0.248 e. The summed E-state index contributed by atoms with van der Waals surface area (Å²) in [6, 6.07) is 8.90. The Morgan fingerprint density at radius 1 is 1.26 bits per heavy atom. The lowest BCUT2D eigenvalue weighted by Crippen LogP contribution is -2.58. The van der Waals surface area contributed by atoms with Crippen LogP contribution in [0.15, 0.2) is 48.4 Å². The van der Waals surface area contributed by atoms with Crippen LogP contribution >= 0.6 is 11.3 Å². The van der Waals surface area contributed by atoms with E-state index >= 15 is 0 Å². The largest absolute Gasteiger partial charge is 0.401 e. The fourth-order valence-electron chi connectivity index (χ4n) is 4.58. The Hall–Kier alpha value is -2.91. The van der Waals surface area contributed by atoms with Crippen molar-refractivity contribution in [1.29, 1.82) is 0 Å².